The molecule has 2 heterocycles. The molecule has 0 unspecified atom stereocenters. The summed E-state index contributed by atoms with van der Waals surface area (Å²) in [4.78, 5) is 18.9. The van der Waals surface area contributed by atoms with E-state index in [1.807, 2.05) is 30.3 Å². The molecule has 0 saturated carbocycles. The van der Waals surface area contributed by atoms with Gasteiger partial charge in [-0.15, -0.1) is 5.10 Å². The first-order valence-electron chi connectivity index (χ1n) is 5.77. The van der Waals surface area contributed by atoms with Crippen molar-refractivity contribution in [2.24, 2.45) is 0 Å². The summed E-state index contributed by atoms with van der Waals surface area (Å²) in [6, 6.07) is 9.39. The summed E-state index contributed by atoms with van der Waals surface area (Å²) in [5.74, 6) is 0. The number of halogens is 1. The lowest BCUT2D eigenvalue weighted by Gasteiger charge is -2.05. The zero-order valence-electron chi connectivity index (χ0n) is 10.4. The molecule has 3 rings (SSSR count). The van der Waals surface area contributed by atoms with E-state index in [0.29, 0.717) is 16.5 Å². The monoisotopic (exact) mass is 318 g/mol. The maximum atomic E-state index is 11.1. The lowest BCUT2D eigenvalue weighted by molar-refractivity contribution is 0.112. The quantitative estimate of drug-likeness (QED) is 0.537. The van der Waals surface area contributed by atoms with E-state index < -0.39 is 0 Å². The maximum Gasteiger partial charge on any atom is 0.220 e. The highest BCUT2D eigenvalue weighted by molar-refractivity contribution is 7.99. The number of aromatic nitrogens is 6. The number of para-hydroxylation sites is 1. The van der Waals surface area contributed by atoms with E-state index in [1.54, 1.807) is 4.68 Å². The number of rotatable bonds is 4. The smallest absolute Gasteiger partial charge is 0.220 e. The van der Waals surface area contributed by atoms with Gasteiger partial charge in [-0.05, 0) is 34.3 Å². The molecule has 0 atom stereocenters. The molecule has 9 heteroatoms. The normalized spacial score (nSPS) is 10.5. The molecule has 0 saturated heterocycles. The lowest BCUT2D eigenvalue weighted by atomic mass is 10.3. The Morgan fingerprint density at radius 2 is 2.00 bits per heavy atom. The summed E-state index contributed by atoms with van der Waals surface area (Å²) in [6.07, 6.45) is 1.90. The second-order valence-corrected chi connectivity index (χ2v) is 5.13. The van der Waals surface area contributed by atoms with Gasteiger partial charge in [-0.3, -0.25) is 4.79 Å². The minimum atomic E-state index is 0.0984. The summed E-state index contributed by atoms with van der Waals surface area (Å²) >= 11 is 7.01. The highest BCUT2D eigenvalue weighted by Gasteiger charge is 2.15. The van der Waals surface area contributed by atoms with Crippen LogP contribution in [0.2, 0.25) is 5.15 Å². The van der Waals surface area contributed by atoms with Gasteiger partial charge in [-0.25, -0.2) is 9.97 Å². The molecule has 0 amide bonds. The van der Waals surface area contributed by atoms with Crippen LogP contribution in [-0.2, 0) is 0 Å². The van der Waals surface area contributed by atoms with Crippen molar-refractivity contribution in [1.82, 2.24) is 30.2 Å². The largest absolute Gasteiger partial charge is 0.298 e. The number of hydrogen-bond donors (Lipinski definition) is 0. The molecule has 2 aromatic heterocycles. The van der Waals surface area contributed by atoms with Crippen LogP contribution in [0.5, 0.6) is 0 Å². The summed E-state index contributed by atoms with van der Waals surface area (Å²) in [7, 11) is 0. The Kier molecular flexibility index (Phi) is 3.89. The predicted molar refractivity (Wildman–Crippen MR) is 75.7 cm³/mol. The highest BCUT2D eigenvalue weighted by Crippen LogP contribution is 2.29. The molecular formula is C12H7ClN6OS. The molecule has 0 spiro atoms. The van der Waals surface area contributed by atoms with Gasteiger partial charge in [-0.2, -0.15) is 4.68 Å². The number of carbonyl (C=O) groups excluding carboxylic acids is 1. The van der Waals surface area contributed by atoms with Crippen LogP contribution in [0.3, 0.4) is 0 Å². The SMILES string of the molecule is O=Cc1c(Cl)ncnc1Sc1nnnn1-c1ccccc1. The van der Waals surface area contributed by atoms with Crippen LogP contribution in [0, 0.1) is 0 Å². The molecular weight excluding hydrogens is 312 g/mol. The van der Waals surface area contributed by atoms with Crippen LogP contribution in [0.1, 0.15) is 10.4 Å². The van der Waals surface area contributed by atoms with Gasteiger partial charge >= 0.3 is 0 Å². The van der Waals surface area contributed by atoms with E-state index in [1.165, 1.54) is 6.33 Å². The summed E-state index contributed by atoms with van der Waals surface area (Å²) < 4.78 is 1.55. The van der Waals surface area contributed by atoms with Crippen LogP contribution in [0.15, 0.2) is 46.8 Å². The molecule has 3 aromatic rings. The summed E-state index contributed by atoms with van der Waals surface area (Å²) in [5, 5.41) is 12.5. The van der Waals surface area contributed by atoms with Gasteiger partial charge in [-0.1, -0.05) is 29.8 Å². The van der Waals surface area contributed by atoms with Gasteiger partial charge in [0, 0.05) is 0 Å². The molecule has 0 aliphatic heterocycles. The van der Waals surface area contributed by atoms with Gasteiger partial charge in [0.15, 0.2) is 6.29 Å². The van der Waals surface area contributed by atoms with E-state index in [2.05, 4.69) is 25.5 Å². The Bertz CT molecular complexity index is 778. The van der Waals surface area contributed by atoms with Crippen molar-refractivity contribution in [2.45, 2.75) is 10.2 Å². The molecule has 0 radical (unpaired) electrons. The van der Waals surface area contributed by atoms with Crippen LogP contribution >= 0.6 is 23.4 Å². The van der Waals surface area contributed by atoms with Crippen molar-refractivity contribution in [3.8, 4) is 5.69 Å². The number of nitrogens with zero attached hydrogens (tertiary/aromatic N) is 6. The Hall–Kier alpha value is -2.32. The fraction of sp³-hybridized carbons (Fsp3) is 0. The second kappa shape index (κ2) is 5.98. The molecule has 0 fully saturated rings. The molecule has 0 aliphatic carbocycles. The average Bonchev–Trinajstić information content (AvgIpc) is 2.97. The Balaban J connectivity index is 1.99. The third-order valence-corrected chi connectivity index (χ3v) is 3.80. The zero-order chi connectivity index (χ0) is 14.7. The van der Waals surface area contributed by atoms with Gasteiger partial charge in [0.25, 0.3) is 0 Å². The van der Waals surface area contributed by atoms with Crippen LogP contribution in [0.4, 0.5) is 0 Å². The minimum Gasteiger partial charge on any atom is -0.298 e. The zero-order valence-corrected chi connectivity index (χ0v) is 12.0. The predicted octanol–water partition coefficient (Wildman–Crippen LogP) is 2.07. The molecule has 0 N–H and O–H groups in total. The van der Waals surface area contributed by atoms with Gasteiger partial charge in [0.1, 0.15) is 16.5 Å². The first-order valence-corrected chi connectivity index (χ1v) is 6.96. The Morgan fingerprint density at radius 3 is 2.76 bits per heavy atom. The van der Waals surface area contributed by atoms with Gasteiger partial charge in [0.05, 0.1) is 11.3 Å². The standard InChI is InChI=1S/C12H7ClN6OS/c13-10-9(6-20)11(15-7-14-10)21-12-16-17-18-19(12)8-4-2-1-3-5-8/h1-7H. The lowest BCUT2D eigenvalue weighted by Crippen LogP contribution is -2.00. The van der Waals surface area contributed by atoms with Crippen molar-refractivity contribution in [3.05, 3.63) is 47.4 Å². The van der Waals surface area contributed by atoms with Crippen molar-refractivity contribution in [2.75, 3.05) is 0 Å². The molecule has 7 nitrogen and oxygen atoms in total. The molecule has 0 aliphatic rings. The molecule has 1 aromatic carbocycles. The highest BCUT2D eigenvalue weighted by atomic mass is 35.5. The minimum absolute atomic E-state index is 0.0984. The van der Waals surface area contributed by atoms with E-state index in [9.17, 15) is 4.79 Å². The average molecular weight is 319 g/mol. The number of aldehydes is 1. The number of tetrazole rings is 1. The van der Waals surface area contributed by atoms with Crippen molar-refractivity contribution >= 4 is 29.6 Å². The Morgan fingerprint density at radius 1 is 1.19 bits per heavy atom. The Labute approximate surface area is 128 Å². The van der Waals surface area contributed by atoms with Crippen molar-refractivity contribution in [1.29, 1.82) is 0 Å². The molecule has 21 heavy (non-hydrogen) atoms. The first kappa shape index (κ1) is 13.7. The summed E-state index contributed by atoms with van der Waals surface area (Å²) in [5.41, 5.74) is 1.02. The molecule has 0 bridgehead atoms. The molecule has 104 valence electrons. The van der Waals surface area contributed by atoms with Crippen LogP contribution < -0.4 is 0 Å². The fourth-order valence-corrected chi connectivity index (χ4v) is 2.67. The second-order valence-electron chi connectivity index (χ2n) is 3.81. The fourth-order valence-electron chi connectivity index (χ4n) is 1.60. The van der Waals surface area contributed by atoms with Gasteiger partial charge in [0.2, 0.25) is 5.16 Å². The number of hydrogen-bond acceptors (Lipinski definition) is 7. The van der Waals surface area contributed by atoms with E-state index in [-0.39, 0.29) is 10.7 Å². The van der Waals surface area contributed by atoms with E-state index >= 15 is 0 Å². The summed E-state index contributed by atoms with van der Waals surface area (Å²) in [6.45, 7) is 0. The first-order chi connectivity index (χ1) is 10.3. The van der Waals surface area contributed by atoms with Gasteiger partial charge < -0.3 is 0 Å². The number of benzene rings is 1. The van der Waals surface area contributed by atoms with E-state index in [0.717, 1.165) is 17.4 Å². The third kappa shape index (κ3) is 2.76. The third-order valence-electron chi connectivity index (χ3n) is 2.55. The topological polar surface area (TPSA) is 86.4 Å². The number of carbonyl (C=O) groups is 1. The van der Waals surface area contributed by atoms with Crippen LogP contribution in [-0.4, -0.2) is 36.5 Å². The van der Waals surface area contributed by atoms with Crippen LogP contribution in [0.25, 0.3) is 5.69 Å². The maximum absolute atomic E-state index is 11.1. The van der Waals surface area contributed by atoms with Crippen molar-refractivity contribution < 1.29 is 4.79 Å². The van der Waals surface area contributed by atoms with Crippen molar-refractivity contribution in [3.63, 3.8) is 0 Å². The van der Waals surface area contributed by atoms with E-state index in [4.69, 9.17) is 11.6 Å².